The van der Waals surface area contributed by atoms with Crippen LogP contribution in [0.3, 0.4) is 0 Å². The van der Waals surface area contributed by atoms with Gasteiger partial charge in [-0.3, -0.25) is 9.78 Å². The molecule has 0 spiro atoms. The van der Waals surface area contributed by atoms with Gasteiger partial charge in [-0.2, -0.15) is 12.7 Å². The van der Waals surface area contributed by atoms with Gasteiger partial charge in [-0.1, -0.05) is 6.07 Å². The summed E-state index contributed by atoms with van der Waals surface area (Å²) in [5.74, 6) is -0.305. The molecule has 6 nitrogen and oxygen atoms in total. The number of carbonyl (C=O) groups excluding carboxylic acids is 1. The van der Waals surface area contributed by atoms with Crippen LogP contribution < -0.4 is 0 Å². The maximum atomic E-state index is 12.3. The molecule has 1 aromatic rings. The minimum atomic E-state index is -3.64. The Balaban J connectivity index is 1.94. The molecule has 0 bridgehead atoms. The third-order valence-electron chi connectivity index (χ3n) is 3.74. The molecule has 3 rings (SSSR count). The van der Waals surface area contributed by atoms with E-state index in [0.717, 1.165) is 22.0 Å². The van der Waals surface area contributed by atoms with Crippen LogP contribution in [0.15, 0.2) is 18.3 Å². The smallest absolute Gasteiger partial charge is 0.272 e. The zero-order valence-electron chi connectivity index (χ0n) is 10.6. The van der Waals surface area contributed by atoms with Gasteiger partial charge in [0.15, 0.2) is 0 Å². The molecule has 3 heterocycles. The molecule has 2 aliphatic heterocycles. The molecule has 0 saturated carbocycles. The second-order valence-electron chi connectivity index (χ2n) is 4.87. The summed E-state index contributed by atoms with van der Waals surface area (Å²) in [6, 6.07) is 3.06. The Morgan fingerprint density at radius 2 is 2.26 bits per heavy atom. The first kappa shape index (κ1) is 12.6. The number of amides is 1. The predicted octanol–water partition coefficient (Wildman–Crippen LogP) is 0.441. The number of carbonyl (C=O) groups is 1. The van der Waals surface area contributed by atoms with Crippen molar-refractivity contribution in [1.29, 1.82) is 0 Å². The number of pyridine rings is 1. The Morgan fingerprint density at radius 1 is 1.47 bits per heavy atom. The summed E-state index contributed by atoms with van der Waals surface area (Å²) in [6.45, 7) is 2.33. The molecule has 0 unspecified atom stereocenters. The summed E-state index contributed by atoms with van der Waals surface area (Å²) in [5.41, 5.74) is 1.51. The lowest BCUT2D eigenvalue weighted by atomic mass is 10.2. The predicted molar refractivity (Wildman–Crippen MR) is 68.2 cm³/mol. The second kappa shape index (κ2) is 4.28. The third-order valence-corrected chi connectivity index (χ3v) is 5.64. The quantitative estimate of drug-likeness (QED) is 0.788. The summed E-state index contributed by atoms with van der Waals surface area (Å²) >= 11 is 0. The van der Waals surface area contributed by atoms with E-state index in [2.05, 4.69) is 4.98 Å². The largest absolute Gasteiger partial charge is 0.307 e. The first-order valence-corrected chi connectivity index (χ1v) is 7.65. The van der Waals surface area contributed by atoms with Crippen molar-refractivity contribution in [3.05, 3.63) is 29.6 Å². The third kappa shape index (κ3) is 1.84. The van der Waals surface area contributed by atoms with E-state index in [-0.39, 0.29) is 12.5 Å². The summed E-state index contributed by atoms with van der Waals surface area (Å²) in [5, 5.41) is 0. The highest BCUT2D eigenvalue weighted by Crippen LogP contribution is 2.33. The number of aryl methyl sites for hydroxylation is 1. The topological polar surface area (TPSA) is 70.6 Å². The van der Waals surface area contributed by atoms with E-state index < -0.39 is 16.3 Å². The summed E-state index contributed by atoms with van der Waals surface area (Å²) in [6.07, 6.45) is 3.04. The fraction of sp³-hybridized carbons (Fsp3) is 0.500. The maximum absolute atomic E-state index is 12.3. The Hall–Kier alpha value is -1.47. The van der Waals surface area contributed by atoms with Crippen LogP contribution in [0, 0.1) is 6.92 Å². The van der Waals surface area contributed by atoms with Gasteiger partial charge in [-0.25, -0.2) is 4.31 Å². The summed E-state index contributed by atoms with van der Waals surface area (Å²) in [7, 11) is -3.64. The SMILES string of the molecule is Cc1ncccc1CN1C(=O)[C@@H]2CCCN2S1(=O)=O. The Kier molecular flexibility index (Phi) is 2.83. The summed E-state index contributed by atoms with van der Waals surface area (Å²) in [4.78, 5) is 16.3. The Labute approximate surface area is 112 Å². The van der Waals surface area contributed by atoms with Crippen molar-refractivity contribution in [2.75, 3.05) is 6.54 Å². The van der Waals surface area contributed by atoms with Crippen LogP contribution in [0.5, 0.6) is 0 Å². The molecule has 0 aliphatic carbocycles. The van der Waals surface area contributed by atoms with Gasteiger partial charge >= 0.3 is 10.2 Å². The average Bonchev–Trinajstić information content (AvgIpc) is 2.91. The van der Waals surface area contributed by atoms with E-state index in [4.69, 9.17) is 0 Å². The minimum Gasteiger partial charge on any atom is -0.272 e. The zero-order chi connectivity index (χ0) is 13.6. The molecule has 2 fully saturated rings. The minimum absolute atomic E-state index is 0.0772. The van der Waals surface area contributed by atoms with Gasteiger partial charge < -0.3 is 0 Å². The van der Waals surface area contributed by atoms with Gasteiger partial charge in [-0.05, 0) is 31.4 Å². The molecule has 102 valence electrons. The lowest BCUT2D eigenvalue weighted by Gasteiger charge is -2.17. The lowest BCUT2D eigenvalue weighted by molar-refractivity contribution is -0.127. The van der Waals surface area contributed by atoms with Crippen LogP contribution in [0.1, 0.15) is 24.1 Å². The number of hydrogen-bond acceptors (Lipinski definition) is 4. The van der Waals surface area contributed by atoms with Crippen molar-refractivity contribution in [1.82, 2.24) is 13.6 Å². The lowest BCUT2D eigenvalue weighted by Crippen LogP contribution is -2.34. The first-order chi connectivity index (χ1) is 9.01. The van der Waals surface area contributed by atoms with Gasteiger partial charge in [0, 0.05) is 18.4 Å². The van der Waals surface area contributed by atoms with Crippen LogP contribution in [0.4, 0.5) is 0 Å². The van der Waals surface area contributed by atoms with E-state index in [1.165, 1.54) is 4.31 Å². The molecule has 2 saturated heterocycles. The van der Waals surface area contributed by atoms with Gasteiger partial charge in [0.2, 0.25) is 0 Å². The van der Waals surface area contributed by atoms with Crippen molar-refractivity contribution < 1.29 is 13.2 Å². The molecule has 0 radical (unpaired) electrons. The molecule has 0 aromatic carbocycles. The molecule has 7 heteroatoms. The zero-order valence-corrected chi connectivity index (χ0v) is 11.4. The first-order valence-electron chi connectivity index (χ1n) is 6.25. The van der Waals surface area contributed by atoms with Crippen LogP contribution in [-0.2, 0) is 21.5 Å². The highest BCUT2D eigenvalue weighted by molar-refractivity contribution is 7.87. The average molecular weight is 281 g/mol. The Bertz CT molecular complexity index is 629. The molecule has 19 heavy (non-hydrogen) atoms. The molecule has 0 N–H and O–H groups in total. The van der Waals surface area contributed by atoms with Gasteiger partial charge in [0.25, 0.3) is 5.91 Å². The monoisotopic (exact) mass is 281 g/mol. The molecular weight excluding hydrogens is 266 g/mol. The molecule has 1 atom stereocenters. The van der Waals surface area contributed by atoms with E-state index >= 15 is 0 Å². The van der Waals surface area contributed by atoms with Crippen LogP contribution in [0.2, 0.25) is 0 Å². The molecule has 1 amide bonds. The van der Waals surface area contributed by atoms with Crippen molar-refractivity contribution in [2.45, 2.75) is 32.4 Å². The molecule has 1 aromatic heterocycles. The van der Waals surface area contributed by atoms with Crippen LogP contribution >= 0.6 is 0 Å². The second-order valence-corrected chi connectivity index (χ2v) is 6.67. The fourth-order valence-corrected chi connectivity index (χ4v) is 4.45. The number of fused-ring (bicyclic) bond motifs is 1. The van der Waals surface area contributed by atoms with Crippen LogP contribution in [-0.4, -0.2) is 40.5 Å². The van der Waals surface area contributed by atoms with Crippen LogP contribution in [0.25, 0.3) is 0 Å². The van der Waals surface area contributed by atoms with Crippen molar-refractivity contribution in [3.8, 4) is 0 Å². The van der Waals surface area contributed by atoms with Gasteiger partial charge in [0.1, 0.15) is 6.04 Å². The van der Waals surface area contributed by atoms with E-state index in [1.807, 2.05) is 6.92 Å². The molecular formula is C12H15N3O3S. The highest BCUT2D eigenvalue weighted by Gasteiger charge is 2.52. The van der Waals surface area contributed by atoms with Gasteiger partial charge in [0.05, 0.1) is 6.54 Å². The van der Waals surface area contributed by atoms with E-state index in [1.54, 1.807) is 18.3 Å². The van der Waals surface area contributed by atoms with Crippen molar-refractivity contribution >= 4 is 16.1 Å². The summed E-state index contributed by atoms with van der Waals surface area (Å²) < 4.78 is 26.9. The number of aromatic nitrogens is 1. The van der Waals surface area contributed by atoms with E-state index in [0.29, 0.717) is 13.0 Å². The van der Waals surface area contributed by atoms with Gasteiger partial charge in [-0.15, -0.1) is 0 Å². The Morgan fingerprint density at radius 3 is 2.95 bits per heavy atom. The fourth-order valence-electron chi connectivity index (χ4n) is 2.67. The number of hydrogen-bond donors (Lipinski definition) is 0. The van der Waals surface area contributed by atoms with Crippen molar-refractivity contribution in [2.24, 2.45) is 0 Å². The normalized spacial score (nSPS) is 25.8. The van der Waals surface area contributed by atoms with E-state index in [9.17, 15) is 13.2 Å². The van der Waals surface area contributed by atoms with Crippen molar-refractivity contribution in [3.63, 3.8) is 0 Å². The maximum Gasteiger partial charge on any atom is 0.307 e. The molecule has 2 aliphatic rings. The number of rotatable bonds is 2. The standard InChI is InChI=1S/C12H15N3O3S/c1-9-10(4-2-6-13-9)8-15-12(16)11-5-3-7-14(11)19(15,17)18/h2,4,6,11H,3,5,7-8H2,1H3/t11-/m0/s1. The highest BCUT2D eigenvalue weighted by atomic mass is 32.2. The number of nitrogens with zero attached hydrogens (tertiary/aromatic N) is 3.